The van der Waals surface area contributed by atoms with Crippen molar-refractivity contribution in [3.05, 3.63) is 11.9 Å². The summed E-state index contributed by atoms with van der Waals surface area (Å²) in [6, 6.07) is 0. The molecule has 1 aliphatic rings. The first-order valence-electron chi connectivity index (χ1n) is 5.79. The van der Waals surface area contributed by atoms with E-state index >= 15 is 0 Å². The van der Waals surface area contributed by atoms with E-state index in [1.165, 1.54) is 18.6 Å². The molecule has 1 fully saturated rings. The molecule has 0 aromatic carbocycles. The highest BCUT2D eigenvalue weighted by molar-refractivity contribution is 8.00. The lowest BCUT2D eigenvalue weighted by Gasteiger charge is -2.08. The van der Waals surface area contributed by atoms with Gasteiger partial charge in [-0.15, -0.1) is 5.10 Å². The summed E-state index contributed by atoms with van der Waals surface area (Å²) in [5.74, 6) is 1.05. The van der Waals surface area contributed by atoms with E-state index in [1.54, 1.807) is 10.9 Å². The minimum atomic E-state index is -0.152. The van der Waals surface area contributed by atoms with E-state index in [0.717, 1.165) is 0 Å². The topological polar surface area (TPSA) is 85.8 Å². The number of thioether (sulfide) groups is 1. The number of carbonyl (C=O) groups is 1. The van der Waals surface area contributed by atoms with Crippen molar-refractivity contribution < 1.29 is 4.79 Å². The summed E-state index contributed by atoms with van der Waals surface area (Å²) >= 11 is 1.92. The third-order valence-corrected chi connectivity index (χ3v) is 4.04. The molecule has 7 heteroatoms. The van der Waals surface area contributed by atoms with Crippen LogP contribution in [-0.4, -0.2) is 45.0 Å². The number of amides is 1. The van der Waals surface area contributed by atoms with Gasteiger partial charge in [-0.1, -0.05) is 5.21 Å². The van der Waals surface area contributed by atoms with Crippen LogP contribution in [0.3, 0.4) is 0 Å². The molecule has 0 spiro atoms. The van der Waals surface area contributed by atoms with Gasteiger partial charge in [-0.05, 0) is 18.6 Å². The molecule has 94 valence electrons. The molecule has 0 bridgehead atoms. The van der Waals surface area contributed by atoms with Crippen LogP contribution in [0.25, 0.3) is 0 Å². The minimum Gasteiger partial charge on any atom is -0.349 e. The van der Waals surface area contributed by atoms with Crippen LogP contribution < -0.4 is 11.1 Å². The number of nitrogens with zero attached hydrogens (tertiary/aromatic N) is 3. The van der Waals surface area contributed by atoms with Crippen molar-refractivity contribution in [3.63, 3.8) is 0 Å². The normalized spacial score (nSPS) is 19.5. The average molecular weight is 255 g/mol. The Balaban J connectivity index is 1.81. The maximum absolute atomic E-state index is 11.8. The van der Waals surface area contributed by atoms with Gasteiger partial charge in [0.05, 0.1) is 12.7 Å². The monoisotopic (exact) mass is 255 g/mol. The van der Waals surface area contributed by atoms with Gasteiger partial charge in [0.2, 0.25) is 0 Å². The molecule has 1 aromatic rings. The predicted octanol–water partition coefficient (Wildman–Crippen LogP) is -0.138. The Bertz CT molecular complexity index is 375. The smallest absolute Gasteiger partial charge is 0.273 e. The number of rotatable bonds is 5. The first-order valence-corrected chi connectivity index (χ1v) is 6.84. The summed E-state index contributed by atoms with van der Waals surface area (Å²) in [4.78, 5) is 11.8. The number of hydrogen-bond donors (Lipinski definition) is 2. The fraction of sp³-hybridized carbons (Fsp3) is 0.700. The molecule has 3 N–H and O–H groups in total. The van der Waals surface area contributed by atoms with Crippen molar-refractivity contribution in [2.24, 2.45) is 5.73 Å². The van der Waals surface area contributed by atoms with Crippen LogP contribution in [0.5, 0.6) is 0 Å². The highest BCUT2D eigenvalue weighted by Crippen LogP contribution is 2.25. The lowest BCUT2D eigenvalue weighted by atomic mass is 10.2. The third-order valence-electron chi connectivity index (χ3n) is 2.64. The van der Waals surface area contributed by atoms with Crippen LogP contribution in [0, 0.1) is 0 Å². The summed E-state index contributed by atoms with van der Waals surface area (Å²) in [5.41, 5.74) is 5.76. The molecule has 1 atom stereocenters. The standard InChI is InChI=1S/C10H17N5OS/c11-3-4-15-7-9(13-14-15)10(16)12-6-8-2-1-5-17-8/h7-8H,1-6,11H2,(H,12,16). The molecule has 0 radical (unpaired) electrons. The van der Waals surface area contributed by atoms with Gasteiger partial charge in [0.1, 0.15) is 0 Å². The fourth-order valence-electron chi connectivity index (χ4n) is 1.75. The summed E-state index contributed by atoms with van der Waals surface area (Å²) in [7, 11) is 0. The van der Waals surface area contributed by atoms with E-state index in [0.29, 0.717) is 30.6 Å². The molecular weight excluding hydrogens is 238 g/mol. The Morgan fingerprint density at radius 1 is 1.71 bits per heavy atom. The molecule has 2 rings (SSSR count). The zero-order chi connectivity index (χ0) is 12.1. The van der Waals surface area contributed by atoms with Gasteiger partial charge in [-0.3, -0.25) is 9.48 Å². The summed E-state index contributed by atoms with van der Waals surface area (Å²) in [6.45, 7) is 1.79. The van der Waals surface area contributed by atoms with E-state index < -0.39 is 0 Å². The summed E-state index contributed by atoms with van der Waals surface area (Å²) in [6.07, 6.45) is 4.06. The third kappa shape index (κ3) is 3.44. The molecule has 1 aromatic heterocycles. The molecule has 0 saturated carbocycles. The quantitative estimate of drug-likeness (QED) is 0.765. The van der Waals surface area contributed by atoms with E-state index in [9.17, 15) is 4.79 Å². The number of nitrogens with one attached hydrogen (secondary N) is 1. The first-order chi connectivity index (χ1) is 8.29. The number of nitrogens with two attached hydrogens (primary N) is 1. The molecular formula is C10H17N5OS. The van der Waals surface area contributed by atoms with Crippen LogP contribution >= 0.6 is 11.8 Å². The lowest BCUT2D eigenvalue weighted by molar-refractivity contribution is 0.0948. The number of aromatic nitrogens is 3. The highest BCUT2D eigenvalue weighted by atomic mass is 32.2. The molecule has 6 nitrogen and oxygen atoms in total. The van der Waals surface area contributed by atoms with E-state index in [1.807, 2.05) is 11.8 Å². The second-order valence-electron chi connectivity index (χ2n) is 4.00. The zero-order valence-corrected chi connectivity index (χ0v) is 10.4. The Labute approximate surface area is 104 Å². The zero-order valence-electron chi connectivity index (χ0n) is 9.63. The van der Waals surface area contributed by atoms with Crippen molar-refractivity contribution in [3.8, 4) is 0 Å². The Morgan fingerprint density at radius 3 is 3.29 bits per heavy atom. The van der Waals surface area contributed by atoms with Crippen LogP contribution in [-0.2, 0) is 6.54 Å². The molecule has 2 heterocycles. The van der Waals surface area contributed by atoms with Crippen LogP contribution in [0.4, 0.5) is 0 Å². The van der Waals surface area contributed by atoms with Crippen LogP contribution in [0.2, 0.25) is 0 Å². The number of carbonyl (C=O) groups excluding carboxylic acids is 1. The van der Waals surface area contributed by atoms with Crippen LogP contribution in [0.15, 0.2) is 6.20 Å². The van der Waals surface area contributed by atoms with Crippen LogP contribution in [0.1, 0.15) is 23.3 Å². The largest absolute Gasteiger partial charge is 0.349 e. The molecule has 1 aliphatic heterocycles. The molecule has 17 heavy (non-hydrogen) atoms. The molecule has 0 aliphatic carbocycles. The fourth-order valence-corrected chi connectivity index (χ4v) is 2.95. The molecule has 1 saturated heterocycles. The summed E-state index contributed by atoms with van der Waals surface area (Å²) < 4.78 is 1.58. The first kappa shape index (κ1) is 12.4. The minimum absolute atomic E-state index is 0.152. The van der Waals surface area contributed by atoms with Gasteiger partial charge in [0, 0.05) is 18.3 Å². The second-order valence-corrected chi connectivity index (χ2v) is 5.41. The SMILES string of the molecule is NCCn1cc(C(=O)NCC2CCCS2)nn1. The molecule has 1 unspecified atom stereocenters. The van der Waals surface area contributed by atoms with E-state index in [2.05, 4.69) is 15.6 Å². The van der Waals surface area contributed by atoms with Gasteiger partial charge in [-0.25, -0.2) is 0 Å². The average Bonchev–Trinajstić information content (AvgIpc) is 2.97. The van der Waals surface area contributed by atoms with Gasteiger partial charge < -0.3 is 11.1 Å². The lowest BCUT2D eigenvalue weighted by Crippen LogP contribution is -2.30. The predicted molar refractivity (Wildman–Crippen MR) is 66.9 cm³/mol. The highest BCUT2D eigenvalue weighted by Gasteiger charge is 2.17. The Kier molecular flexibility index (Phi) is 4.38. The maximum Gasteiger partial charge on any atom is 0.273 e. The second kappa shape index (κ2) is 6.02. The van der Waals surface area contributed by atoms with Crippen molar-refractivity contribution in [2.45, 2.75) is 24.6 Å². The summed E-state index contributed by atoms with van der Waals surface area (Å²) in [5, 5.41) is 11.1. The van der Waals surface area contributed by atoms with Crippen molar-refractivity contribution in [2.75, 3.05) is 18.8 Å². The Morgan fingerprint density at radius 2 is 2.59 bits per heavy atom. The van der Waals surface area contributed by atoms with Gasteiger partial charge >= 0.3 is 0 Å². The van der Waals surface area contributed by atoms with E-state index in [4.69, 9.17) is 5.73 Å². The van der Waals surface area contributed by atoms with Gasteiger partial charge in [-0.2, -0.15) is 11.8 Å². The van der Waals surface area contributed by atoms with Crippen molar-refractivity contribution in [1.29, 1.82) is 0 Å². The van der Waals surface area contributed by atoms with E-state index in [-0.39, 0.29) is 5.91 Å². The number of hydrogen-bond acceptors (Lipinski definition) is 5. The Hall–Kier alpha value is -1.08. The molecule has 1 amide bonds. The van der Waals surface area contributed by atoms with Gasteiger partial charge in [0.25, 0.3) is 5.91 Å². The van der Waals surface area contributed by atoms with Gasteiger partial charge in [0.15, 0.2) is 5.69 Å². The van der Waals surface area contributed by atoms with Crippen molar-refractivity contribution in [1.82, 2.24) is 20.3 Å². The maximum atomic E-state index is 11.8. The van der Waals surface area contributed by atoms with Crippen molar-refractivity contribution >= 4 is 17.7 Å².